The minimum Gasteiger partial charge on any atom is -0.316 e. The van der Waals surface area contributed by atoms with Crippen molar-refractivity contribution in [1.82, 2.24) is 10.3 Å². The average molecular weight is 232 g/mol. The molecule has 15 heavy (non-hydrogen) atoms. The Morgan fingerprint density at radius 1 is 1.60 bits per heavy atom. The van der Waals surface area contributed by atoms with Crippen LogP contribution in [0.25, 0.3) is 0 Å². The zero-order chi connectivity index (χ0) is 10.7. The molecule has 1 atom stereocenters. The van der Waals surface area contributed by atoms with Gasteiger partial charge < -0.3 is 5.32 Å². The fourth-order valence-electron chi connectivity index (χ4n) is 1.86. The van der Waals surface area contributed by atoms with Crippen LogP contribution in [0, 0.1) is 5.92 Å². The first kappa shape index (κ1) is 11.0. The number of hydrogen-bond donors (Lipinski definition) is 1. The standard InChI is InChI=1S/C10H14F2N2S/c11-10(12)8-6-14-9(15-8)4-7-2-1-3-13-5-7/h6-7,10,13H,1-5H2. The van der Waals surface area contributed by atoms with E-state index in [1.165, 1.54) is 19.0 Å². The molecule has 2 heterocycles. The smallest absolute Gasteiger partial charge is 0.274 e. The molecule has 1 saturated heterocycles. The summed E-state index contributed by atoms with van der Waals surface area (Å²) in [4.78, 5) is 4.13. The van der Waals surface area contributed by atoms with Crippen LogP contribution in [0.1, 0.15) is 29.2 Å². The molecule has 1 aromatic rings. The summed E-state index contributed by atoms with van der Waals surface area (Å²) in [6, 6.07) is 0. The van der Waals surface area contributed by atoms with Crippen LogP contribution in [-0.4, -0.2) is 18.1 Å². The Bertz CT molecular complexity index is 308. The fraction of sp³-hybridized carbons (Fsp3) is 0.700. The second-order valence-electron chi connectivity index (χ2n) is 3.87. The molecule has 0 saturated carbocycles. The maximum absolute atomic E-state index is 12.3. The summed E-state index contributed by atoms with van der Waals surface area (Å²) in [5.74, 6) is 0.565. The quantitative estimate of drug-likeness (QED) is 0.866. The molecule has 1 aliphatic rings. The lowest BCUT2D eigenvalue weighted by Crippen LogP contribution is -2.30. The highest BCUT2D eigenvalue weighted by atomic mass is 32.1. The third-order valence-electron chi connectivity index (χ3n) is 2.65. The van der Waals surface area contributed by atoms with Gasteiger partial charge in [0.25, 0.3) is 6.43 Å². The predicted octanol–water partition coefficient (Wildman–Crippen LogP) is 2.62. The number of alkyl halides is 2. The van der Waals surface area contributed by atoms with Crippen LogP contribution in [0.15, 0.2) is 6.20 Å². The summed E-state index contributed by atoms with van der Waals surface area (Å²) < 4.78 is 24.6. The lowest BCUT2D eigenvalue weighted by molar-refractivity contribution is 0.155. The molecule has 0 spiro atoms. The minimum absolute atomic E-state index is 0.0915. The van der Waals surface area contributed by atoms with Gasteiger partial charge in [0.15, 0.2) is 0 Å². The highest BCUT2D eigenvalue weighted by Gasteiger charge is 2.17. The number of aromatic nitrogens is 1. The molecule has 84 valence electrons. The average Bonchev–Trinajstić information content (AvgIpc) is 2.68. The second kappa shape index (κ2) is 4.99. The van der Waals surface area contributed by atoms with Crippen molar-refractivity contribution >= 4 is 11.3 Å². The Balaban J connectivity index is 1.91. The molecule has 1 N–H and O–H groups in total. The van der Waals surface area contributed by atoms with E-state index in [0.29, 0.717) is 5.92 Å². The van der Waals surface area contributed by atoms with Gasteiger partial charge in [0.1, 0.15) is 0 Å². The molecule has 0 aliphatic carbocycles. The van der Waals surface area contributed by atoms with Gasteiger partial charge in [-0.25, -0.2) is 13.8 Å². The Morgan fingerprint density at radius 2 is 2.47 bits per heavy atom. The van der Waals surface area contributed by atoms with Crippen molar-refractivity contribution in [2.24, 2.45) is 5.92 Å². The predicted molar refractivity (Wildman–Crippen MR) is 56.4 cm³/mol. The lowest BCUT2D eigenvalue weighted by atomic mass is 9.97. The summed E-state index contributed by atoms with van der Waals surface area (Å²) in [5.41, 5.74) is 0. The summed E-state index contributed by atoms with van der Waals surface area (Å²) in [7, 11) is 0. The van der Waals surface area contributed by atoms with E-state index in [4.69, 9.17) is 0 Å². The van der Waals surface area contributed by atoms with Gasteiger partial charge in [-0.2, -0.15) is 0 Å². The van der Waals surface area contributed by atoms with Gasteiger partial charge in [-0.15, -0.1) is 11.3 Å². The molecule has 2 rings (SSSR count). The molecular formula is C10H14F2N2S. The van der Waals surface area contributed by atoms with Crippen molar-refractivity contribution in [3.8, 4) is 0 Å². The highest BCUT2D eigenvalue weighted by molar-refractivity contribution is 7.11. The van der Waals surface area contributed by atoms with Gasteiger partial charge >= 0.3 is 0 Å². The first-order valence-electron chi connectivity index (χ1n) is 5.19. The molecule has 0 aromatic carbocycles. The third kappa shape index (κ3) is 2.95. The van der Waals surface area contributed by atoms with E-state index in [1.807, 2.05) is 0 Å². The van der Waals surface area contributed by atoms with Crippen molar-refractivity contribution in [2.75, 3.05) is 13.1 Å². The van der Waals surface area contributed by atoms with Crippen molar-refractivity contribution in [3.63, 3.8) is 0 Å². The zero-order valence-electron chi connectivity index (χ0n) is 8.38. The van der Waals surface area contributed by atoms with E-state index < -0.39 is 6.43 Å². The first-order chi connectivity index (χ1) is 7.25. The van der Waals surface area contributed by atoms with E-state index in [1.54, 1.807) is 0 Å². The van der Waals surface area contributed by atoms with Gasteiger partial charge in [-0.05, 0) is 31.8 Å². The van der Waals surface area contributed by atoms with Gasteiger partial charge in [-0.1, -0.05) is 0 Å². The monoisotopic (exact) mass is 232 g/mol. The van der Waals surface area contributed by atoms with Crippen molar-refractivity contribution in [1.29, 1.82) is 0 Å². The molecule has 5 heteroatoms. The lowest BCUT2D eigenvalue weighted by Gasteiger charge is -2.21. The second-order valence-corrected chi connectivity index (χ2v) is 5.02. The van der Waals surface area contributed by atoms with E-state index in [2.05, 4.69) is 10.3 Å². The van der Waals surface area contributed by atoms with E-state index in [0.717, 1.165) is 35.9 Å². The van der Waals surface area contributed by atoms with Crippen LogP contribution in [0.2, 0.25) is 0 Å². The maximum Gasteiger partial charge on any atom is 0.274 e. The van der Waals surface area contributed by atoms with Crippen LogP contribution in [0.4, 0.5) is 8.78 Å². The Morgan fingerprint density at radius 3 is 3.07 bits per heavy atom. The van der Waals surface area contributed by atoms with Crippen molar-refractivity contribution < 1.29 is 8.78 Å². The Labute approximate surface area is 91.7 Å². The van der Waals surface area contributed by atoms with Gasteiger partial charge in [-0.3, -0.25) is 0 Å². The van der Waals surface area contributed by atoms with Crippen LogP contribution >= 0.6 is 11.3 Å². The third-order valence-corrected chi connectivity index (χ3v) is 3.68. The largest absolute Gasteiger partial charge is 0.316 e. The Hall–Kier alpha value is -0.550. The maximum atomic E-state index is 12.3. The van der Waals surface area contributed by atoms with E-state index in [9.17, 15) is 8.78 Å². The van der Waals surface area contributed by atoms with Crippen molar-refractivity contribution in [3.05, 3.63) is 16.1 Å². The molecular weight excluding hydrogens is 218 g/mol. The van der Waals surface area contributed by atoms with Crippen molar-refractivity contribution in [2.45, 2.75) is 25.7 Å². The van der Waals surface area contributed by atoms with Gasteiger partial charge in [0.05, 0.1) is 9.88 Å². The number of hydrogen-bond acceptors (Lipinski definition) is 3. The molecule has 1 aliphatic heterocycles. The summed E-state index contributed by atoms with van der Waals surface area (Å²) in [6.07, 6.45) is 2.13. The fourth-order valence-corrected chi connectivity index (χ4v) is 2.76. The number of nitrogens with zero attached hydrogens (tertiary/aromatic N) is 1. The van der Waals surface area contributed by atoms with Crippen LogP contribution < -0.4 is 5.32 Å². The topological polar surface area (TPSA) is 24.9 Å². The SMILES string of the molecule is FC(F)c1cnc(CC2CCCNC2)s1. The highest BCUT2D eigenvalue weighted by Crippen LogP contribution is 2.27. The number of rotatable bonds is 3. The summed E-state index contributed by atoms with van der Waals surface area (Å²) in [5, 5.41) is 4.16. The molecule has 2 nitrogen and oxygen atoms in total. The molecule has 1 unspecified atom stereocenters. The van der Waals surface area contributed by atoms with E-state index >= 15 is 0 Å². The number of halogens is 2. The molecule has 0 amide bonds. The number of thiazole rings is 1. The number of piperidine rings is 1. The molecule has 0 radical (unpaired) electrons. The normalized spacial score (nSPS) is 22.2. The van der Waals surface area contributed by atoms with Crippen LogP contribution in [0.3, 0.4) is 0 Å². The van der Waals surface area contributed by atoms with Crippen LogP contribution in [0.5, 0.6) is 0 Å². The van der Waals surface area contributed by atoms with E-state index in [-0.39, 0.29) is 4.88 Å². The molecule has 1 fully saturated rings. The molecule has 0 bridgehead atoms. The first-order valence-corrected chi connectivity index (χ1v) is 6.01. The molecule has 1 aromatic heterocycles. The minimum atomic E-state index is -2.37. The van der Waals surface area contributed by atoms with Crippen LogP contribution in [-0.2, 0) is 6.42 Å². The van der Waals surface area contributed by atoms with Gasteiger partial charge in [0, 0.05) is 12.6 Å². The zero-order valence-corrected chi connectivity index (χ0v) is 9.20. The summed E-state index contributed by atoms with van der Waals surface area (Å²) >= 11 is 1.15. The Kier molecular flexibility index (Phi) is 3.64. The summed E-state index contributed by atoms with van der Waals surface area (Å²) in [6.45, 7) is 2.07. The van der Waals surface area contributed by atoms with Gasteiger partial charge in [0.2, 0.25) is 0 Å². The number of nitrogens with one attached hydrogen (secondary N) is 1.